The number of quaternary nitrogens is 1. The van der Waals surface area contributed by atoms with Gasteiger partial charge in [0.25, 0.3) is 0 Å². The molecule has 4 heterocycles. The molecule has 1 N–H and O–H groups in total. The fourth-order valence-electron chi connectivity index (χ4n) is 8.03. The first kappa shape index (κ1) is 27.9. The summed E-state index contributed by atoms with van der Waals surface area (Å²) in [5.41, 5.74) is 4.61. The zero-order valence-corrected chi connectivity index (χ0v) is 25.3. The number of nitrogens with zero attached hydrogens (tertiary/aromatic N) is 2. The molecule has 4 unspecified atom stereocenters. The van der Waals surface area contributed by atoms with E-state index < -0.39 is 6.10 Å². The van der Waals surface area contributed by atoms with Crippen molar-refractivity contribution in [2.75, 3.05) is 20.2 Å². The number of halogens is 1. The first-order chi connectivity index (χ1) is 19.5. The lowest BCUT2D eigenvalue weighted by Gasteiger charge is -2.58. The zero-order chi connectivity index (χ0) is 27.4. The van der Waals surface area contributed by atoms with Crippen molar-refractivity contribution in [3.63, 3.8) is 0 Å². The van der Waals surface area contributed by atoms with Crippen molar-refractivity contribution in [1.29, 1.82) is 0 Å². The van der Waals surface area contributed by atoms with Gasteiger partial charge in [-0.15, -0.1) is 6.58 Å². The van der Waals surface area contributed by atoms with Gasteiger partial charge >= 0.3 is 0 Å². The number of fused-ring (bicyclic) bond motifs is 7. The summed E-state index contributed by atoms with van der Waals surface area (Å²) in [6, 6.07) is 25.7. The van der Waals surface area contributed by atoms with Crippen LogP contribution in [0.15, 0.2) is 91.6 Å². The van der Waals surface area contributed by atoms with Crippen molar-refractivity contribution < 1.29 is 31.3 Å². The number of rotatable bonds is 6. The van der Waals surface area contributed by atoms with E-state index in [0.717, 1.165) is 52.8 Å². The molecular formula is C36H37BrN2O2. The standard InChI is InChI=1S/C36H37N2O2.BrH/c1-4-24-21-38(22-33-23(2)27-9-5-6-10-28(27)29-11-7-8-12-30(29)33)18-16-25(24)19-35(38)36(39)31-15-17-37-34-14-13-26(40-3)20-32(31)34;/h4-15,17,20,24-25,35-36,39H,1,16,18-19,21-22H2,2-3H3;1H/q+1;/p-1/t24?,25?,35?,36-,38?;/m1./s1. The maximum absolute atomic E-state index is 12.3. The molecule has 41 heavy (non-hydrogen) atoms. The molecule has 5 heteroatoms. The van der Waals surface area contributed by atoms with Crippen LogP contribution in [0.1, 0.15) is 35.6 Å². The van der Waals surface area contributed by atoms with Gasteiger partial charge in [0.15, 0.2) is 0 Å². The summed E-state index contributed by atoms with van der Waals surface area (Å²) in [5, 5.41) is 18.5. The molecule has 0 aliphatic carbocycles. The van der Waals surface area contributed by atoms with Crippen molar-refractivity contribution in [3.05, 3.63) is 108 Å². The largest absolute Gasteiger partial charge is 1.00 e. The number of aromatic nitrogens is 1. The van der Waals surface area contributed by atoms with Gasteiger partial charge in [-0.3, -0.25) is 4.98 Å². The Balaban J connectivity index is 0.00000302. The Morgan fingerprint density at radius 1 is 1.00 bits per heavy atom. The van der Waals surface area contributed by atoms with Crippen molar-refractivity contribution in [2.24, 2.45) is 11.8 Å². The minimum absolute atomic E-state index is 0. The molecule has 4 nitrogen and oxygen atoms in total. The number of aliphatic hydroxyl groups excluding tert-OH is 1. The van der Waals surface area contributed by atoms with Crippen LogP contribution in [-0.2, 0) is 6.54 Å². The normalized spacial score (nSPS) is 24.3. The van der Waals surface area contributed by atoms with Gasteiger partial charge in [0.2, 0.25) is 0 Å². The molecule has 0 saturated carbocycles. The molecule has 3 aliphatic heterocycles. The minimum Gasteiger partial charge on any atom is -1.00 e. The molecular weight excluding hydrogens is 572 g/mol. The molecule has 210 valence electrons. The van der Waals surface area contributed by atoms with E-state index in [1.807, 2.05) is 30.5 Å². The van der Waals surface area contributed by atoms with Crippen molar-refractivity contribution in [2.45, 2.75) is 38.5 Å². The van der Waals surface area contributed by atoms with E-state index in [1.165, 1.54) is 39.1 Å². The average Bonchev–Trinajstić information content (AvgIpc) is 3.02. The number of hydrogen-bond acceptors (Lipinski definition) is 3. The van der Waals surface area contributed by atoms with Crippen LogP contribution in [0.25, 0.3) is 32.4 Å². The SMILES string of the molecule is C=CC1C[N+]2(Cc3c(C)c4ccccc4c4ccccc34)CCC1CC2[C@H](O)c1ccnc2ccc(OC)cc12.[Br-]. The lowest BCUT2D eigenvalue weighted by atomic mass is 9.71. The van der Waals surface area contributed by atoms with Gasteiger partial charge in [0, 0.05) is 35.9 Å². The number of benzene rings is 4. The molecule has 0 spiro atoms. The van der Waals surface area contributed by atoms with E-state index in [9.17, 15) is 5.11 Å². The number of pyridine rings is 1. The molecule has 1 aromatic heterocycles. The molecule has 3 saturated heterocycles. The molecule has 5 aromatic rings. The molecule has 8 rings (SSSR count). The maximum Gasteiger partial charge on any atom is 0.131 e. The molecule has 0 amide bonds. The van der Waals surface area contributed by atoms with Gasteiger partial charge in [-0.2, -0.15) is 0 Å². The van der Waals surface area contributed by atoms with E-state index in [0.29, 0.717) is 11.8 Å². The van der Waals surface area contributed by atoms with Crippen LogP contribution in [0, 0.1) is 18.8 Å². The monoisotopic (exact) mass is 608 g/mol. The van der Waals surface area contributed by atoms with Crippen LogP contribution >= 0.6 is 0 Å². The zero-order valence-electron chi connectivity index (χ0n) is 23.8. The van der Waals surface area contributed by atoms with Gasteiger partial charge in [0.1, 0.15) is 24.4 Å². The summed E-state index contributed by atoms with van der Waals surface area (Å²) in [6.07, 6.45) is 5.59. The lowest BCUT2D eigenvalue weighted by molar-refractivity contribution is -0.984. The Hall–Kier alpha value is -3.25. The van der Waals surface area contributed by atoms with Gasteiger partial charge in [0.05, 0.1) is 25.7 Å². The van der Waals surface area contributed by atoms with Crippen molar-refractivity contribution in [3.8, 4) is 5.75 Å². The minimum atomic E-state index is -0.599. The molecule has 3 aliphatic rings. The van der Waals surface area contributed by atoms with Gasteiger partial charge < -0.3 is 31.3 Å². The first-order valence-electron chi connectivity index (χ1n) is 14.5. The Bertz CT molecular complexity index is 1770. The highest BCUT2D eigenvalue weighted by Crippen LogP contribution is 2.49. The number of hydrogen-bond donors (Lipinski definition) is 1. The highest BCUT2D eigenvalue weighted by atomic mass is 79.9. The van der Waals surface area contributed by atoms with Crippen LogP contribution in [0.5, 0.6) is 5.75 Å². The van der Waals surface area contributed by atoms with Crippen LogP contribution in [0.2, 0.25) is 0 Å². The summed E-state index contributed by atoms with van der Waals surface area (Å²) < 4.78 is 6.42. The highest BCUT2D eigenvalue weighted by Gasteiger charge is 2.54. The molecule has 0 radical (unpaired) electrons. The third kappa shape index (κ3) is 4.46. The second-order valence-electron chi connectivity index (χ2n) is 12.0. The molecule has 3 fully saturated rings. The van der Waals surface area contributed by atoms with Gasteiger partial charge in [-0.05, 0) is 69.8 Å². The van der Waals surface area contributed by atoms with Crippen LogP contribution < -0.4 is 21.7 Å². The molecule has 2 bridgehead atoms. The van der Waals surface area contributed by atoms with E-state index in [4.69, 9.17) is 4.74 Å². The van der Waals surface area contributed by atoms with E-state index in [1.54, 1.807) is 7.11 Å². The predicted molar refractivity (Wildman–Crippen MR) is 163 cm³/mol. The Labute approximate surface area is 252 Å². The number of aryl methyl sites for hydroxylation is 1. The molecule has 5 atom stereocenters. The summed E-state index contributed by atoms with van der Waals surface area (Å²) in [4.78, 5) is 4.59. The fraction of sp³-hybridized carbons (Fsp3) is 0.306. The Morgan fingerprint density at radius 3 is 2.44 bits per heavy atom. The molecule has 4 aromatic carbocycles. The van der Waals surface area contributed by atoms with Crippen LogP contribution in [0.4, 0.5) is 0 Å². The maximum atomic E-state index is 12.3. The summed E-state index contributed by atoms with van der Waals surface area (Å²) in [6.45, 7) is 9.53. The number of methoxy groups -OCH3 is 1. The third-order valence-electron chi connectivity index (χ3n) is 10.1. The topological polar surface area (TPSA) is 42.4 Å². The second-order valence-corrected chi connectivity index (χ2v) is 12.0. The average molecular weight is 610 g/mol. The van der Waals surface area contributed by atoms with Crippen molar-refractivity contribution >= 4 is 32.4 Å². The number of ether oxygens (including phenoxy) is 1. The number of piperidine rings is 3. The predicted octanol–water partition coefficient (Wildman–Crippen LogP) is 4.51. The Kier molecular flexibility index (Phi) is 7.39. The number of aliphatic hydroxyl groups is 1. The van der Waals surface area contributed by atoms with E-state index >= 15 is 0 Å². The Morgan fingerprint density at radius 2 is 1.71 bits per heavy atom. The summed E-state index contributed by atoms with van der Waals surface area (Å²) in [5.74, 6) is 1.82. The van der Waals surface area contributed by atoms with Gasteiger partial charge in [-0.1, -0.05) is 54.6 Å². The van der Waals surface area contributed by atoms with E-state index in [2.05, 4.69) is 73.1 Å². The third-order valence-corrected chi connectivity index (χ3v) is 10.1. The fourth-order valence-corrected chi connectivity index (χ4v) is 8.03. The van der Waals surface area contributed by atoms with Gasteiger partial charge in [-0.25, -0.2) is 0 Å². The van der Waals surface area contributed by atoms with Crippen molar-refractivity contribution in [1.82, 2.24) is 4.98 Å². The first-order valence-corrected chi connectivity index (χ1v) is 14.5. The van der Waals surface area contributed by atoms with Crippen LogP contribution in [-0.4, -0.2) is 40.8 Å². The summed E-state index contributed by atoms with van der Waals surface area (Å²) >= 11 is 0. The second kappa shape index (κ2) is 10.9. The lowest BCUT2D eigenvalue weighted by Crippen LogP contribution is -3.00. The highest BCUT2D eigenvalue weighted by molar-refractivity contribution is 6.10. The smallest absolute Gasteiger partial charge is 0.131 e. The summed E-state index contributed by atoms with van der Waals surface area (Å²) in [7, 11) is 1.69. The van der Waals surface area contributed by atoms with E-state index in [-0.39, 0.29) is 23.0 Å². The quantitative estimate of drug-likeness (QED) is 0.175. The van der Waals surface area contributed by atoms with Crippen LogP contribution in [0.3, 0.4) is 0 Å².